The Labute approximate surface area is 138 Å². The van der Waals surface area contributed by atoms with Crippen molar-refractivity contribution in [3.8, 4) is 16.5 Å². The highest BCUT2D eigenvalue weighted by atomic mass is 32.1. The van der Waals surface area contributed by atoms with Crippen LogP contribution in [0.2, 0.25) is 0 Å². The van der Waals surface area contributed by atoms with Crippen molar-refractivity contribution in [2.45, 2.75) is 25.8 Å². The summed E-state index contributed by atoms with van der Waals surface area (Å²) in [6.45, 7) is 2.74. The Bertz CT molecular complexity index is 851. The number of hydrogen-bond donors (Lipinski definition) is 1. The van der Waals surface area contributed by atoms with Gasteiger partial charge in [-0.2, -0.15) is 0 Å². The summed E-state index contributed by atoms with van der Waals surface area (Å²) < 4.78 is 8.29. The third-order valence-corrected chi connectivity index (χ3v) is 5.30. The van der Waals surface area contributed by atoms with Crippen molar-refractivity contribution in [2.75, 3.05) is 18.5 Å². The van der Waals surface area contributed by atoms with Gasteiger partial charge in [-0.05, 0) is 31.2 Å². The van der Waals surface area contributed by atoms with Crippen molar-refractivity contribution in [1.29, 1.82) is 0 Å². The normalized spacial score (nSPS) is 17.0. The highest BCUT2D eigenvalue weighted by Gasteiger charge is 2.23. The highest BCUT2D eigenvalue weighted by Crippen LogP contribution is 2.37. The van der Waals surface area contributed by atoms with Crippen LogP contribution in [0.3, 0.4) is 0 Å². The fourth-order valence-electron chi connectivity index (χ4n) is 3.16. The number of imidazole rings is 1. The van der Waals surface area contributed by atoms with E-state index in [4.69, 9.17) is 9.72 Å². The van der Waals surface area contributed by atoms with Crippen LogP contribution < -0.4 is 10.1 Å². The predicted molar refractivity (Wildman–Crippen MR) is 92.2 cm³/mol. The number of aryl methyl sites for hydroxylation is 1. The maximum atomic E-state index is 6.00. The summed E-state index contributed by atoms with van der Waals surface area (Å²) in [5, 5.41) is 3.54. The smallest absolute Gasteiger partial charge is 0.152 e. The first-order chi connectivity index (χ1) is 11.4. The molecule has 0 bridgehead atoms. The van der Waals surface area contributed by atoms with E-state index >= 15 is 0 Å². The molecule has 1 N–H and O–H groups in total. The van der Waals surface area contributed by atoms with Crippen LogP contribution in [0.1, 0.15) is 19.3 Å². The van der Waals surface area contributed by atoms with Gasteiger partial charge in [-0.25, -0.2) is 4.98 Å². The molecule has 23 heavy (non-hydrogen) atoms. The topological polar surface area (TPSA) is 52.0 Å². The molecule has 1 aliphatic heterocycles. The maximum absolute atomic E-state index is 6.00. The first kappa shape index (κ1) is 13.4. The average molecular weight is 326 g/mol. The lowest BCUT2D eigenvalue weighted by molar-refractivity contribution is 0.316. The van der Waals surface area contributed by atoms with Crippen LogP contribution in [-0.4, -0.2) is 27.7 Å². The summed E-state index contributed by atoms with van der Waals surface area (Å²) in [6, 6.07) is 4.28. The van der Waals surface area contributed by atoms with Crippen molar-refractivity contribution in [3.05, 3.63) is 23.8 Å². The molecule has 5 nitrogen and oxygen atoms in total. The summed E-state index contributed by atoms with van der Waals surface area (Å²) in [5.74, 6) is 2.80. The molecular weight excluding hydrogens is 308 g/mol. The van der Waals surface area contributed by atoms with Crippen molar-refractivity contribution >= 4 is 28.1 Å². The Morgan fingerprint density at radius 1 is 1.35 bits per heavy atom. The Hall–Kier alpha value is -2.08. The zero-order valence-electron chi connectivity index (χ0n) is 12.8. The molecule has 2 aromatic heterocycles. The molecule has 6 heteroatoms. The molecule has 1 saturated carbocycles. The average Bonchev–Trinajstić information content (AvgIpc) is 3.16. The number of anilines is 1. The zero-order chi connectivity index (χ0) is 15.2. The molecule has 0 spiro atoms. The number of ether oxygens (including phenoxy) is 1. The molecule has 3 heterocycles. The molecule has 0 amide bonds. The van der Waals surface area contributed by atoms with Crippen molar-refractivity contribution in [3.63, 3.8) is 0 Å². The maximum Gasteiger partial charge on any atom is 0.152 e. The van der Waals surface area contributed by atoms with Crippen LogP contribution in [0.4, 0.5) is 5.69 Å². The molecule has 5 rings (SSSR count). The molecule has 2 aliphatic rings. The van der Waals surface area contributed by atoms with Gasteiger partial charge >= 0.3 is 0 Å². The van der Waals surface area contributed by atoms with E-state index in [1.165, 1.54) is 12.8 Å². The van der Waals surface area contributed by atoms with Crippen LogP contribution >= 0.6 is 11.3 Å². The fourth-order valence-corrected chi connectivity index (χ4v) is 3.78. The van der Waals surface area contributed by atoms with E-state index < -0.39 is 0 Å². The second-order valence-corrected chi connectivity index (χ2v) is 7.21. The Morgan fingerprint density at radius 2 is 2.30 bits per heavy atom. The van der Waals surface area contributed by atoms with E-state index in [2.05, 4.69) is 27.0 Å². The minimum Gasteiger partial charge on any atom is -0.491 e. The Kier molecular flexibility index (Phi) is 3.04. The van der Waals surface area contributed by atoms with Gasteiger partial charge in [-0.15, -0.1) is 11.3 Å². The van der Waals surface area contributed by atoms with Crippen LogP contribution in [-0.2, 0) is 6.54 Å². The van der Waals surface area contributed by atoms with Gasteiger partial charge < -0.3 is 14.6 Å². The Balaban J connectivity index is 1.64. The third kappa shape index (κ3) is 2.37. The monoisotopic (exact) mass is 326 g/mol. The molecule has 118 valence electrons. The van der Waals surface area contributed by atoms with E-state index in [1.807, 2.05) is 11.7 Å². The summed E-state index contributed by atoms with van der Waals surface area (Å²) in [6.07, 6.45) is 5.59. The van der Waals surface area contributed by atoms with Crippen LogP contribution in [0.25, 0.3) is 21.7 Å². The van der Waals surface area contributed by atoms with E-state index in [0.29, 0.717) is 0 Å². The van der Waals surface area contributed by atoms with E-state index in [0.717, 1.165) is 65.2 Å². The molecule has 0 atom stereocenters. The van der Waals surface area contributed by atoms with Crippen LogP contribution in [0.15, 0.2) is 23.8 Å². The fraction of sp³-hybridized carbons (Fsp3) is 0.412. The van der Waals surface area contributed by atoms with Crippen molar-refractivity contribution in [2.24, 2.45) is 5.92 Å². The first-order valence-electron chi connectivity index (χ1n) is 8.18. The largest absolute Gasteiger partial charge is 0.491 e. The summed E-state index contributed by atoms with van der Waals surface area (Å²) in [5.41, 5.74) is 5.09. The molecule has 1 fully saturated rings. The van der Waals surface area contributed by atoms with E-state index in [-0.39, 0.29) is 0 Å². The van der Waals surface area contributed by atoms with Crippen LogP contribution in [0.5, 0.6) is 5.75 Å². The molecule has 0 radical (unpaired) electrons. The van der Waals surface area contributed by atoms with Crippen molar-refractivity contribution in [1.82, 2.24) is 14.5 Å². The zero-order valence-corrected chi connectivity index (χ0v) is 13.6. The number of benzene rings is 1. The first-order valence-corrected chi connectivity index (χ1v) is 9.06. The van der Waals surface area contributed by atoms with Gasteiger partial charge in [0.1, 0.15) is 11.3 Å². The minimum absolute atomic E-state index is 0.755. The lowest BCUT2D eigenvalue weighted by atomic mass is 10.2. The van der Waals surface area contributed by atoms with Crippen LogP contribution in [0, 0.1) is 5.92 Å². The Morgan fingerprint density at radius 3 is 3.13 bits per heavy atom. The van der Waals surface area contributed by atoms with E-state index in [9.17, 15) is 0 Å². The lowest BCUT2D eigenvalue weighted by Crippen LogP contribution is -2.03. The highest BCUT2D eigenvalue weighted by molar-refractivity contribution is 7.13. The lowest BCUT2D eigenvalue weighted by Gasteiger charge is -2.09. The van der Waals surface area contributed by atoms with E-state index in [1.54, 1.807) is 11.3 Å². The molecular formula is C17H18N4OS. The minimum atomic E-state index is 0.755. The SMILES string of the molecule is c1ncc(-c2nc3cc(NCC4CC4)cc4c3n2CCCO4)s1. The van der Waals surface area contributed by atoms with Gasteiger partial charge in [0, 0.05) is 31.0 Å². The third-order valence-electron chi connectivity index (χ3n) is 4.53. The number of thiazole rings is 1. The summed E-state index contributed by atoms with van der Waals surface area (Å²) in [4.78, 5) is 10.2. The molecule has 3 aromatic rings. The van der Waals surface area contributed by atoms with Gasteiger partial charge in [0.05, 0.1) is 22.5 Å². The van der Waals surface area contributed by atoms with Gasteiger partial charge in [-0.3, -0.25) is 4.98 Å². The summed E-state index contributed by atoms with van der Waals surface area (Å²) in [7, 11) is 0. The number of rotatable bonds is 4. The molecule has 1 aromatic carbocycles. The molecule has 1 aliphatic carbocycles. The molecule has 0 saturated heterocycles. The van der Waals surface area contributed by atoms with Gasteiger partial charge in [0.2, 0.25) is 0 Å². The van der Waals surface area contributed by atoms with Gasteiger partial charge in [-0.1, -0.05) is 0 Å². The summed E-state index contributed by atoms with van der Waals surface area (Å²) >= 11 is 1.63. The van der Waals surface area contributed by atoms with Gasteiger partial charge in [0.25, 0.3) is 0 Å². The van der Waals surface area contributed by atoms with Crippen molar-refractivity contribution < 1.29 is 4.74 Å². The predicted octanol–water partition coefficient (Wildman–Crippen LogP) is 3.76. The van der Waals surface area contributed by atoms with Gasteiger partial charge in [0.15, 0.2) is 5.82 Å². The second-order valence-electron chi connectivity index (χ2n) is 6.32. The quantitative estimate of drug-likeness (QED) is 0.793. The number of nitrogens with one attached hydrogen (secondary N) is 1. The molecule has 0 unspecified atom stereocenters. The number of nitrogens with zero attached hydrogens (tertiary/aromatic N) is 3. The number of aromatic nitrogens is 3. The second kappa shape index (κ2) is 5.23. The standard InChI is InChI=1S/C17H18N4OS/c1-4-21-16-13(20-17(21)15-9-18-10-23-15)6-12(7-14(16)22-5-1)19-8-11-2-3-11/h6-7,9-11,19H,1-5,8H2. The number of hydrogen-bond acceptors (Lipinski definition) is 5.